The molecule has 3 nitrogen and oxygen atoms in total. The topological polar surface area (TPSA) is 43.7 Å². The van der Waals surface area contributed by atoms with Gasteiger partial charge in [-0.15, -0.1) is 0 Å². The largest absolute Gasteiger partial charge is 0.396 e. The maximum absolute atomic E-state index is 10.1. The van der Waals surface area contributed by atoms with Crippen LogP contribution in [-0.4, -0.2) is 47.0 Å². The molecule has 14 heavy (non-hydrogen) atoms. The Morgan fingerprint density at radius 2 is 1.93 bits per heavy atom. The summed E-state index contributed by atoms with van der Waals surface area (Å²) in [6, 6.07) is 0. The standard InChI is InChI=1S/C11H25NO2/c1-5-12(7-6-8-13)9-11(4,14)10(2)3/h10,13-14H,5-9H2,1-4H3. The van der Waals surface area contributed by atoms with Crippen molar-refractivity contribution in [2.75, 3.05) is 26.2 Å². The summed E-state index contributed by atoms with van der Waals surface area (Å²) < 4.78 is 0. The minimum atomic E-state index is -0.633. The summed E-state index contributed by atoms with van der Waals surface area (Å²) in [4.78, 5) is 2.18. The van der Waals surface area contributed by atoms with Crippen LogP contribution in [0.2, 0.25) is 0 Å². The van der Waals surface area contributed by atoms with Gasteiger partial charge < -0.3 is 15.1 Å². The van der Waals surface area contributed by atoms with Crippen LogP contribution in [0.3, 0.4) is 0 Å². The molecule has 0 aromatic heterocycles. The van der Waals surface area contributed by atoms with Crippen LogP contribution in [0.4, 0.5) is 0 Å². The van der Waals surface area contributed by atoms with Crippen molar-refractivity contribution < 1.29 is 10.2 Å². The lowest BCUT2D eigenvalue weighted by molar-refractivity contribution is -0.0186. The Balaban J connectivity index is 4.02. The summed E-state index contributed by atoms with van der Waals surface area (Å²) in [6.07, 6.45) is 0.780. The lowest BCUT2D eigenvalue weighted by Gasteiger charge is -2.33. The molecule has 0 spiro atoms. The van der Waals surface area contributed by atoms with E-state index < -0.39 is 5.60 Å². The van der Waals surface area contributed by atoms with Gasteiger partial charge in [0, 0.05) is 19.7 Å². The molecular formula is C11H25NO2. The first-order valence-corrected chi connectivity index (χ1v) is 5.49. The van der Waals surface area contributed by atoms with E-state index in [-0.39, 0.29) is 12.5 Å². The van der Waals surface area contributed by atoms with E-state index in [1.54, 1.807) is 0 Å². The molecule has 1 unspecified atom stereocenters. The van der Waals surface area contributed by atoms with Crippen molar-refractivity contribution in [3.05, 3.63) is 0 Å². The van der Waals surface area contributed by atoms with Gasteiger partial charge in [0.25, 0.3) is 0 Å². The Morgan fingerprint density at radius 1 is 1.36 bits per heavy atom. The predicted octanol–water partition coefficient (Wildman–Crippen LogP) is 1.10. The van der Waals surface area contributed by atoms with E-state index in [2.05, 4.69) is 11.8 Å². The molecule has 0 aromatic carbocycles. The van der Waals surface area contributed by atoms with Gasteiger partial charge in [0.1, 0.15) is 0 Å². The third-order valence-electron chi connectivity index (χ3n) is 2.87. The van der Waals surface area contributed by atoms with Crippen LogP contribution in [0.1, 0.15) is 34.1 Å². The maximum atomic E-state index is 10.1. The molecule has 86 valence electrons. The number of nitrogens with zero attached hydrogens (tertiary/aromatic N) is 1. The zero-order valence-corrected chi connectivity index (χ0v) is 9.95. The first kappa shape index (κ1) is 13.9. The molecule has 0 bridgehead atoms. The second-order valence-electron chi connectivity index (χ2n) is 4.46. The molecular weight excluding hydrogens is 178 g/mol. The second kappa shape index (κ2) is 6.38. The van der Waals surface area contributed by atoms with Gasteiger partial charge in [-0.2, -0.15) is 0 Å². The van der Waals surface area contributed by atoms with Gasteiger partial charge in [-0.3, -0.25) is 0 Å². The second-order valence-corrected chi connectivity index (χ2v) is 4.46. The van der Waals surface area contributed by atoms with Crippen molar-refractivity contribution in [2.24, 2.45) is 5.92 Å². The molecule has 0 amide bonds. The number of aliphatic hydroxyl groups is 2. The van der Waals surface area contributed by atoms with Crippen molar-refractivity contribution in [1.29, 1.82) is 0 Å². The number of likely N-dealkylation sites (N-methyl/N-ethyl adjacent to an activating group) is 1. The minimum absolute atomic E-state index is 0.223. The molecule has 0 fully saturated rings. The van der Waals surface area contributed by atoms with Crippen LogP contribution < -0.4 is 0 Å². The van der Waals surface area contributed by atoms with Gasteiger partial charge in [0.05, 0.1) is 5.60 Å². The fourth-order valence-electron chi connectivity index (χ4n) is 1.28. The van der Waals surface area contributed by atoms with Crippen LogP contribution in [0.15, 0.2) is 0 Å². The van der Waals surface area contributed by atoms with Crippen molar-refractivity contribution in [3.8, 4) is 0 Å². The Labute approximate surface area is 87.7 Å². The Kier molecular flexibility index (Phi) is 6.33. The van der Waals surface area contributed by atoms with Crippen LogP contribution in [0.5, 0.6) is 0 Å². The van der Waals surface area contributed by atoms with Crippen molar-refractivity contribution >= 4 is 0 Å². The molecule has 0 rings (SSSR count). The number of hydrogen-bond acceptors (Lipinski definition) is 3. The van der Waals surface area contributed by atoms with Crippen molar-refractivity contribution in [3.63, 3.8) is 0 Å². The number of rotatable bonds is 7. The molecule has 0 heterocycles. The number of hydrogen-bond donors (Lipinski definition) is 2. The van der Waals surface area contributed by atoms with Gasteiger partial charge in [0.15, 0.2) is 0 Å². The summed E-state index contributed by atoms with van der Waals surface area (Å²) in [7, 11) is 0. The van der Waals surface area contributed by atoms with Gasteiger partial charge >= 0.3 is 0 Å². The van der Waals surface area contributed by atoms with Gasteiger partial charge in [-0.25, -0.2) is 0 Å². The molecule has 0 radical (unpaired) electrons. The number of aliphatic hydroxyl groups excluding tert-OH is 1. The highest BCUT2D eigenvalue weighted by Gasteiger charge is 2.26. The normalized spacial score (nSPS) is 16.3. The van der Waals surface area contributed by atoms with Crippen molar-refractivity contribution in [1.82, 2.24) is 4.90 Å². The third kappa shape index (κ3) is 4.94. The fraction of sp³-hybridized carbons (Fsp3) is 1.00. The fourth-order valence-corrected chi connectivity index (χ4v) is 1.28. The molecule has 0 aliphatic rings. The molecule has 0 aromatic rings. The molecule has 0 saturated carbocycles. The molecule has 3 heteroatoms. The Bertz CT molecular complexity index is 146. The molecule has 0 saturated heterocycles. The summed E-state index contributed by atoms with van der Waals surface area (Å²) >= 11 is 0. The molecule has 2 N–H and O–H groups in total. The zero-order valence-electron chi connectivity index (χ0n) is 9.95. The van der Waals surface area contributed by atoms with Gasteiger partial charge in [0.2, 0.25) is 0 Å². The molecule has 1 atom stereocenters. The third-order valence-corrected chi connectivity index (χ3v) is 2.87. The zero-order chi connectivity index (χ0) is 11.2. The summed E-state index contributed by atoms with van der Waals surface area (Å²) in [5.74, 6) is 0.255. The van der Waals surface area contributed by atoms with E-state index in [0.717, 1.165) is 19.5 Å². The van der Waals surface area contributed by atoms with E-state index in [9.17, 15) is 5.11 Å². The quantitative estimate of drug-likeness (QED) is 0.651. The van der Waals surface area contributed by atoms with Crippen LogP contribution >= 0.6 is 0 Å². The highest BCUT2D eigenvalue weighted by molar-refractivity contribution is 4.80. The van der Waals surface area contributed by atoms with Crippen LogP contribution in [0.25, 0.3) is 0 Å². The van der Waals surface area contributed by atoms with Crippen LogP contribution in [-0.2, 0) is 0 Å². The van der Waals surface area contributed by atoms with E-state index in [1.165, 1.54) is 0 Å². The average molecular weight is 203 g/mol. The summed E-state index contributed by atoms with van der Waals surface area (Å²) in [5, 5.41) is 18.8. The lowest BCUT2D eigenvalue weighted by Crippen LogP contribution is -2.44. The Morgan fingerprint density at radius 3 is 2.29 bits per heavy atom. The highest BCUT2D eigenvalue weighted by atomic mass is 16.3. The first-order chi connectivity index (χ1) is 6.44. The van der Waals surface area contributed by atoms with Crippen molar-refractivity contribution in [2.45, 2.75) is 39.7 Å². The highest BCUT2D eigenvalue weighted by Crippen LogP contribution is 2.17. The Hall–Kier alpha value is -0.120. The lowest BCUT2D eigenvalue weighted by atomic mass is 9.92. The summed E-state index contributed by atoms with van der Waals surface area (Å²) in [6.45, 7) is 10.7. The van der Waals surface area contributed by atoms with Gasteiger partial charge in [-0.1, -0.05) is 20.8 Å². The monoisotopic (exact) mass is 203 g/mol. The predicted molar refractivity (Wildman–Crippen MR) is 59.3 cm³/mol. The van der Waals surface area contributed by atoms with Gasteiger partial charge in [-0.05, 0) is 25.8 Å². The van der Waals surface area contributed by atoms with E-state index in [4.69, 9.17) is 5.11 Å². The van der Waals surface area contributed by atoms with E-state index >= 15 is 0 Å². The smallest absolute Gasteiger partial charge is 0.0768 e. The van der Waals surface area contributed by atoms with E-state index in [1.807, 2.05) is 20.8 Å². The first-order valence-electron chi connectivity index (χ1n) is 5.49. The minimum Gasteiger partial charge on any atom is -0.396 e. The maximum Gasteiger partial charge on any atom is 0.0768 e. The molecule has 0 aliphatic carbocycles. The van der Waals surface area contributed by atoms with E-state index in [0.29, 0.717) is 6.54 Å². The van der Waals surface area contributed by atoms with Crippen LogP contribution in [0, 0.1) is 5.92 Å². The average Bonchev–Trinajstić information content (AvgIpc) is 2.11. The SMILES string of the molecule is CCN(CCCO)CC(C)(O)C(C)C. The molecule has 0 aliphatic heterocycles. The summed E-state index contributed by atoms with van der Waals surface area (Å²) in [5.41, 5.74) is -0.633.